The number of hydrogen-bond acceptors (Lipinski definition) is 7. The van der Waals surface area contributed by atoms with E-state index in [0.29, 0.717) is 16.6 Å². The van der Waals surface area contributed by atoms with E-state index in [4.69, 9.17) is 9.26 Å². The predicted octanol–water partition coefficient (Wildman–Crippen LogP) is 4.33. The van der Waals surface area contributed by atoms with Gasteiger partial charge < -0.3 is 9.26 Å². The number of benzene rings is 1. The van der Waals surface area contributed by atoms with Gasteiger partial charge in [-0.05, 0) is 13.8 Å². The molecule has 7 nitrogen and oxygen atoms in total. The number of esters is 1. The van der Waals surface area contributed by atoms with E-state index in [-0.39, 0.29) is 11.5 Å². The molecular weight excluding hydrogens is 378 g/mol. The van der Waals surface area contributed by atoms with Crippen LogP contribution in [0.5, 0.6) is 0 Å². The Balaban J connectivity index is 1.59. The number of hydrogen-bond donors (Lipinski definition) is 1. The number of aromatic nitrogens is 2. The average Bonchev–Trinajstić information content (AvgIpc) is 3.27. The van der Waals surface area contributed by atoms with Gasteiger partial charge in [0.2, 0.25) is 0 Å². The van der Waals surface area contributed by atoms with Crippen LogP contribution >= 0.6 is 11.3 Å². The largest absolute Gasteiger partial charge is 0.452 e. The lowest BCUT2D eigenvalue weighted by atomic mass is 10.1. The molecule has 3 rings (SSSR count). The summed E-state index contributed by atoms with van der Waals surface area (Å²) in [5.74, 6) is -0.658. The van der Waals surface area contributed by atoms with Crippen molar-refractivity contribution in [2.24, 2.45) is 0 Å². The van der Waals surface area contributed by atoms with Gasteiger partial charge in [0.05, 0.1) is 11.4 Å². The second-order valence-electron chi connectivity index (χ2n) is 6.69. The lowest BCUT2D eigenvalue weighted by Crippen LogP contribution is -2.21. The first-order valence-electron chi connectivity index (χ1n) is 8.81. The van der Waals surface area contributed by atoms with Crippen LogP contribution in [0.15, 0.2) is 34.2 Å². The van der Waals surface area contributed by atoms with Crippen LogP contribution in [-0.4, -0.2) is 28.6 Å². The summed E-state index contributed by atoms with van der Waals surface area (Å²) in [4.78, 5) is 28.8. The van der Waals surface area contributed by atoms with E-state index < -0.39 is 18.5 Å². The van der Waals surface area contributed by atoms with Crippen molar-refractivity contribution in [2.45, 2.75) is 33.6 Å². The van der Waals surface area contributed by atoms with E-state index >= 15 is 0 Å². The maximum Gasteiger partial charge on any atom is 0.344 e. The summed E-state index contributed by atoms with van der Waals surface area (Å²) in [5.41, 5.74) is 3.63. The lowest BCUT2D eigenvalue weighted by Gasteiger charge is -2.06. The van der Waals surface area contributed by atoms with E-state index in [1.165, 1.54) is 11.3 Å². The molecule has 0 saturated heterocycles. The summed E-state index contributed by atoms with van der Waals surface area (Å²) in [6, 6.07) is 7.96. The quantitative estimate of drug-likeness (QED) is 0.620. The SMILES string of the molecule is Cc1ccc(-c2csc(NC(=O)COC(=O)c3c(C)noc3C(C)C)n2)cc1. The van der Waals surface area contributed by atoms with Crippen molar-refractivity contribution in [3.63, 3.8) is 0 Å². The number of nitrogens with one attached hydrogen (secondary N) is 1. The van der Waals surface area contributed by atoms with Gasteiger partial charge >= 0.3 is 5.97 Å². The molecule has 0 aliphatic heterocycles. The highest BCUT2D eigenvalue weighted by Gasteiger charge is 2.24. The lowest BCUT2D eigenvalue weighted by molar-refractivity contribution is -0.119. The smallest absolute Gasteiger partial charge is 0.344 e. The molecule has 28 heavy (non-hydrogen) atoms. The van der Waals surface area contributed by atoms with Crippen LogP contribution in [0.25, 0.3) is 11.3 Å². The van der Waals surface area contributed by atoms with Gasteiger partial charge in [-0.2, -0.15) is 0 Å². The van der Waals surface area contributed by atoms with E-state index in [9.17, 15) is 9.59 Å². The molecule has 0 atom stereocenters. The van der Waals surface area contributed by atoms with E-state index in [2.05, 4.69) is 15.5 Å². The first kappa shape index (κ1) is 19.8. The van der Waals surface area contributed by atoms with Gasteiger partial charge in [0, 0.05) is 16.9 Å². The normalized spacial score (nSPS) is 10.9. The fourth-order valence-corrected chi connectivity index (χ4v) is 3.31. The first-order valence-corrected chi connectivity index (χ1v) is 9.69. The highest BCUT2D eigenvalue weighted by atomic mass is 32.1. The minimum absolute atomic E-state index is 0.0203. The minimum atomic E-state index is -0.628. The molecule has 0 radical (unpaired) electrons. The second kappa shape index (κ2) is 8.35. The Hall–Kier alpha value is -3.00. The molecule has 8 heteroatoms. The molecule has 0 fully saturated rings. The molecule has 0 saturated carbocycles. The molecule has 1 aromatic carbocycles. The molecule has 0 spiro atoms. The molecule has 0 bridgehead atoms. The highest BCUT2D eigenvalue weighted by molar-refractivity contribution is 7.14. The monoisotopic (exact) mass is 399 g/mol. The van der Waals surface area contributed by atoms with Crippen LogP contribution in [0.4, 0.5) is 5.13 Å². The molecule has 1 amide bonds. The zero-order valence-corrected chi connectivity index (χ0v) is 16.9. The Bertz CT molecular complexity index is 989. The van der Waals surface area contributed by atoms with Gasteiger partial charge in [-0.3, -0.25) is 10.1 Å². The third kappa shape index (κ3) is 4.45. The van der Waals surface area contributed by atoms with Crippen LogP contribution in [-0.2, 0) is 9.53 Å². The van der Waals surface area contributed by atoms with Gasteiger partial charge in [0.25, 0.3) is 5.91 Å². The zero-order valence-electron chi connectivity index (χ0n) is 16.1. The Kier molecular flexibility index (Phi) is 5.89. The minimum Gasteiger partial charge on any atom is -0.452 e. The standard InChI is InChI=1S/C20H21N3O4S/c1-11(2)18-17(13(4)23-27-18)19(25)26-9-16(24)22-20-21-15(10-28-20)14-7-5-12(3)6-8-14/h5-8,10-11H,9H2,1-4H3,(H,21,22,24). The van der Waals surface area contributed by atoms with Crippen LogP contribution in [0.1, 0.15) is 47.1 Å². The number of ether oxygens (including phenoxy) is 1. The van der Waals surface area contributed by atoms with Crippen LogP contribution < -0.4 is 5.32 Å². The van der Waals surface area contributed by atoms with Crippen molar-refractivity contribution in [1.29, 1.82) is 0 Å². The van der Waals surface area contributed by atoms with Crippen molar-refractivity contribution in [2.75, 3.05) is 11.9 Å². The summed E-state index contributed by atoms with van der Waals surface area (Å²) in [6.45, 7) is 7.03. The predicted molar refractivity (Wildman–Crippen MR) is 107 cm³/mol. The summed E-state index contributed by atoms with van der Waals surface area (Å²) >= 11 is 1.31. The summed E-state index contributed by atoms with van der Waals surface area (Å²) < 4.78 is 10.3. The van der Waals surface area contributed by atoms with Gasteiger partial charge in [0.1, 0.15) is 5.56 Å². The van der Waals surface area contributed by atoms with E-state index in [0.717, 1.165) is 16.8 Å². The highest BCUT2D eigenvalue weighted by Crippen LogP contribution is 2.25. The Morgan fingerprint density at radius 3 is 2.61 bits per heavy atom. The number of carbonyl (C=O) groups is 2. The van der Waals surface area contributed by atoms with Crippen molar-refractivity contribution in [3.8, 4) is 11.3 Å². The van der Waals surface area contributed by atoms with Crippen molar-refractivity contribution < 1.29 is 18.8 Å². The topological polar surface area (TPSA) is 94.3 Å². The first-order chi connectivity index (χ1) is 13.3. The summed E-state index contributed by atoms with van der Waals surface area (Å²) in [5, 5.41) is 8.76. The third-order valence-corrected chi connectivity index (χ3v) is 4.81. The molecular formula is C20H21N3O4S. The van der Waals surface area contributed by atoms with Crippen LogP contribution in [0.3, 0.4) is 0 Å². The molecule has 0 aliphatic carbocycles. The van der Waals surface area contributed by atoms with Gasteiger partial charge in [0.15, 0.2) is 17.5 Å². The van der Waals surface area contributed by atoms with Gasteiger partial charge in [-0.1, -0.05) is 48.8 Å². The number of thiazole rings is 1. The molecule has 2 aromatic heterocycles. The van der Waals surface area contributed by atoms with Crippen molar-refractivity contribution in [1.82, 2.24) is 10.1 Å². The molecule has 3 aromatic rings. The number of amides is 1. The molecule has 1 N–H and O–H groups in total. The number of carbonyl (C=O) groups excluding carboxylic acids is 2. The van der Waals surface area contributed by atoms with Gasteiger partial charge in [-0.25, -0.2) is 9.78 Å². The van der Waals surface area contributed by atoms with Crippen LogP contribution in [0.2, 0.25) is 0 Å². The van der Waals surface area contributed by atoms with E-state index in [1.807, 2.05) is 50.4 Å². The molecule has 0 unspecified atom stereocenters. The van der Waals surface area contributed by atoms with Crippen LogP contribution in [0, 0.1) is 13.8 Å². The number of nitrogens with zero attached hydrogens (tertiary/aromatic N) is 2. The maximum atomic E-state index is 12.3. The van der Waals surface area contributed by atoms with Crippen molar-refractivity contribution in [3.05, 3.63) is 52.2 Å². The maximum absolute atomic E-state index is 12.3. The summed E-state index contributed by atoms with van der Waals surface area (Å²) in [6.07, 6.45) is 0. The number of anilines is 1. The molecule has 2 heterocycles. The fourth-order valence-electron chi connectivity index (χ4n) is 2.58. The Morgan fingerprint density at radius 2 is 1.93 bits per heavy atom. The van der Waals surface area contributed by atoms with Gasteiger partial charge in [-0.15, -0.1) is 11.3 Å². The second-order valence-corrected chi connectivity index (χ2v) is 7.55. The molecule has 0 aliphatic rings. The summed E-state index contributed by atoms with van der Waals surface area (Å²) in [7, 11) is 0. The average molecular weight is 399 g/mol. The Labute approximate surface area is 166 Å². The zero-order chi connectivity index (χ0) is 20.3. The van der Waals surface area contributed by atoms with Crippen molar-refractivity contribution >= 4 is 28.3 Å². The molecule has 146 valence electrons. The number of rotatable bonds is 6. The third-order valence-electron chi connectivity index (χ3n) is 4.05. The Morgan fingerprint density at radius 1 is 1.21 bits per heavy atom. The number of aryl methyl sites for hydroxylation is 2. The van der Waals surface area contributed by atoms with E-state index in [1.54, 1.807) is 6.92 Å². The fraction of sp³-hybridized carbons (Fsp3) is 0.300.